The minimum atomic E-state index is 0.974. The van der Waals surface area contributed by atoms with Crippen LogP contribution in [-0.2, 0) is 0 Å². The molecule has 0 amide bonds. The van der Waals surface area contributed by atoms with E-state index in [9.17, 15) is 0 Å². The Labute approximate surface area is 155 Å². The van der Waals surface area contributed by atoms with Gasteiger partial charge in [-0.05, 0) is 37.3 Å². The minimum absolute atomic E-state index is 0.974. The zero-order valence-corrected chi connectivity index (χ0v) is 15.4. The van der Waals surface area contributed by atoms with Crippen molar-refractivity contribution in [1.29, 1.82) is 0 Å². The van der Waals surface area contributed by atoms with Crippen LogP contribution in [0.4, 0.5) is 0 Å². The first-order valence-electron chi connectivity index (χ1n) is 8.19. The molecule has 0 saturated heterocycles. The summed E-state index contributed by atoms with van der Waals surface area (Å²) in [6.07, 6.45) is 0. The fourth-order valence-corrected chi connectivity index (χ4v) is 3.10. The van der Waals surface area contributed by atoms with Crippen molar-refractivity contribution in [1.82, 2.24) is 9.78 Å². The molecule has 0 N–H and O–H groups in total. The summed E-state index contributed by atoms with van der Waals surface area (Å²) in [6, 6.07) is 29.2. The standard InChI is InChI=1S/C22H17BrN2/c1-16-7-9-17(10-8-16)21-15-22(18-5-3-2-4-6-18)25(24-21)20-13-11-19(23)12-14-20/h2-15H,1H3. The average Bonchev–Trinajstić information content (AvgIpc) is 3.09. The normalized spacial score (nSPS) is 10.8. The topological polar surface area (TPSA) is 17.8 Å². The third kappa shape index (κ3) is 3.28. The van der Waals surface area contributed by atoms with Gasteiger partial charge >= 0.3 is 0 Å². The summed E-state index contributed by atoms with van der Waals surface area (Å²) < 4.78 is 3.07. The zero-order valence-electron chi connectivity index (χ0n) is 13.9. The molecule has 3 heteroatoms. The fourth-order valence-electron chi connectivity index (χ4n) is 2.84. The molecule has 1 heterocycles. The molecule has 0 fully saturated rings. The first-order chi connectivity index (χ1) is 12.2. The van der Waals surface area contributed by atoms with Gasteiger partial charge in [0.15, 0.2) is 0 Å². The van der Waals surface area contributed by atoms with E-state index in [-0.39, 0.29) is 0 Å². The average molecular weight is 389 g/mol. The van der Waals surface area contributed by atoms with E-state index in [4.69, 9.17) is 5.10 Å². The highest BCUT2D eigenvalue weighted by Gasteiger charge is 2.13. The van der Waals surface area contributed by atoms with Gasteiger partial charge in [-0.15, -0.1) is 0 Å². The van der Waals surface area contributed by atoms with Gasteiger partial charge in [-0.3, -0.25) is 0 Å². The van der Waals surface area contributed by atoms with Crippen LogP contribution in [0.15, 0.2) is 89.4 Å². The van der Waals surface area contributed by atoms with Gasteiger partial charge in [-0.25, -0.2) is 4.68 Å². The Morgan fingerprint density at radius 2 is 1.44 bits per heavy atom. The van der Waals surface area contributed by atoms with E-state index in [1.165, 1.54) is 5.56 Å². The molecule has 0 aliphatic rings. The van der Waals surface area contributed by atoms with Crippen molar-refractivity contribution in [3.63, 3.8) is 0 Å². The van der Waals surface area contributed by atoms with Crippen LogP contribution in [0.5, 0.6) is 0 Å². The maximum Gasteiger partial charge on any atom is 0.0934 e. The lowest BCUT2D eigenvalue weighted by atomic mass is 10.1. The Balaban J connectivity index is 1.89. The number of aryl methyl sites for hydroxylation is 1. The SMILES string of the molecule is Cc1ccc(-c2cc(-c3ccccc3)n(-c3ccc(Br)cc3)n2)cc1. The largest absolute Gasteiger partial charge is 0.232 e. The monoisotopic (exact) mass is 388 g/mol. The second-order valence-electron chi connectivity index (χ2n) is 6.04. The quantitative estimate of drug-likeness (QED) is 0.403. The molecule has 0 bridgehead atoms. The van der Waals surface area contributed by atoms with E-state index in [1.54, 1.807) is 0 Å². The molecule has 2 nitrogen and oxygen atoms in total. The molecular formula is C22H17BrN2. The molecule has 0 spiro atoms. The number of nitrogens with zero attached hydrogens (tertiary/aromatic N) is 2. The van der Waals surface area contributed by atoms with Gasteiger partial charge in [0, 0.05) is 15.6 Å². The third-order valence-electron chi connectivity index (χ3n) is 4.20. The van der Waals surface area contributed by atoms with Crippen LogP contribution in [0, 0.1) is 6.92 Å². The van der Waals surface area contributed by atoms with Crippen LogP contribution >= 0.6 is 15.9 Å². The van der Waals surface area contributed by atoms with Crippen molar-refractivity contribution in [2.24, 2.45) is 0 Å². The summed E-state index contributed by atoms with van der Waals surface area (Å²) in [6.45, 7) is 2.10. The highest BCUT2D eigenvalue weighted by atomic mass is 79.9. The maximum absolute atomic E-state index is 4.89. The first-order valence-corrected chi connectivity index (χ1v) is 8.98. The number of hydrogen-bond acceptors (Lipinski definition) is 1. The Bertz CT molecular complexity index is 985. The highest BCUT2D eigenvalue weighted by molar-refractivity contribution is 9.10. The van der Waals surface area contributed by atoms with Crippen molar-refractivity contribution in [3.05, 3.63) is 95.0 Å². The maximum atomic E-state index is 4.89. The van der Waals surface area contributed by atoms with Crippen molar-refractivity contribution in [3.8, 4) is 28.2 Å². The molecule has 122 valence electrons. The van der Waals surface area contributed by atoms with Gasteiger partial charge in [0.05, 0.1) is 17.1 Å². The minimum Gasteiger partial charge on any atom is -0.232 e. The molecule has 0 aliphatic carbocycles. The van der Waals surface area contributed by atoms with Crippen LogP contribution in [-0.4, -0.2) is 9.78 Å². The van der Waals surface area contributed by atoms with Gasteiger partial charge < -0.3 is 0 Å². The number of rotatable bonds is 3. The van der Waals surface area contributed by atoms with Crippen LogP contribution in [0.1, 0.15) is 5.56 Å². The summed E-state index contributed by atoms with van der Waals surface area (Å²) >= 11 is 3.50. The van der Waals surface area contributed by atoms with Gasteiger partial charge in [0.2, 0.25) is 0 Å². The molecule has 4 aromatic rings. The second kappa shape index (κ2) is 6.69. The number of aromatic nitrogens is 2. The molecule has 0 radical (unpaired) electrons. The molecule has 0 aliphatic heterocycles. The van der Waals surface area contributed by atoms with E-state index in [0.29, 0.717) is 0 Å². The fraction of sp³-hybridized carbons (Fsp3) is 0.0455. The Kier molecular flexibility index (Phi) is 4.24. The molecule has 0 atom stereocenters. The molecule has 0 saturated carbocycles. The van der Waals surface area contributed by atoms with Crippen molar-refractivity contribution in [2.75, 3.05) is 0 Å². The summed E-state index contributed by atoms with van der Waals surface area (Å²) in [5.74, 6) is 0. The Hall–Kier alpha value is -2.65. The van der Waals surface area contributed by atoms with Gasteiger partial charge in [-0.2, -0.15) is 5.10 Å². The lowest BCUT2D eigenvalue weighted by molar-refractivity contribution is 0.891. The smallest absolute Gasteiger partial charge is 0.0934 e. The molecule has 1 aromatic heterocycles. The predicted molar refractivity (Wildman–Crippen MR) is 107 cm³/mol. The van der Waals surface area contributed by atoms with E-state index in [2.05, 4.69) is 89.6 Å². The molecule has 25 heavy (non-hydrogen) atoms. The van der Waals surface area contributed by atoms with Crippen molar-refractivity contribution >= 4 is 15.9 Å². The van der Waals surface area contributed by atoms with E-state index in [1.807, 2.05) is 22.9 Å². The van der Waals surface area contributed by atoms with E-state index in [0.717, 1.165) is 32.7 Å². The lowest BCUT2D eigenvalue weighted by Gasteiger charge is -2.07. The summed E-state index contributed by atoms with van der Waals surface area (Å²) in [5, 5.41) is 4.89. The van der Waals surface area contributed by atoms with Crippen LogP contribution in [0.25, 0.3) is 28.2 Å². The zero-order chi connectivity index (χ0) is 17.2. The lowest BCUT2D eigenvalue weighted by Crippen LogP contribution is -1.99. The Morgan fingerprint density at radius 3 is 2.12 bits per heavy atom. The number of halogens is 1. The highest BCUT2D eigenvalue weighted by Crippen LogP contribution is 2.29. The van der Waals surface area contributed by atoms with Crippen LogP contribution in [0.3, 0.4) is 0 Å². The Morgan fingerprint density at radius 1 is 0.760 bits per heavy atom. The first kappa shape index (κ1) is 15.9. The van der Waals surface area contributed by atoms with Gasteiger partial charge in [0.1, 0.15) is 0 Å². The summed E-state index contributed by atoms with van der Waals surface area (Å²) in [5.41, 5.74) is 6.62. The number of benzene rings is 3. The van der Waals surface area contributed by atoms with Crippen molar-refractivity contribution < 1.29 is 0 Å². The molecule has 4 rings (SSSR count). The predicted octanol–water partition coefficient (Wildman–Crippen LogP) is 6.28. The van der Waals surface area contributed by atoms with Crippen molar-refractivity contribution in [2.45, 2.75) is 6.92 Å². The second-order valence-corrected chi connectivity index (χ2v) is 6.95. The number of hydrogen-bond donors (Lipinski definition) is 0. The van der Waals surface area contributed by atoms with Crippen LogP contribution < -0.4 is 0 Å². The molecule has 0 unspecified atom stereocenters. The van der Waals surface area contributed by atoms with Crippen LogP contribution in [0.2, 0.25) is 0 Å². The third-order valence-corrected chi connectivity index (χ3v) is 4.73. The van der Waals surface area contributed by atoms with E-state index < -0.39 is 0 Å². The van der Waals surface area contributed by atoms with Gasteiger partial charge in [0.25, 0.3) is 0 Å². The molecular weight excluding hydrogens is 372 g/mol. The summed E-state index contributed by atoms with van der Waals surface area (Å²) in [7, 11) is 0. The van der Waals surface area contributed by atoms with E-state index >= 15 is 0 Å². The van der Waals surface area contributed by atoms with Gasteiger partial charge in [-0.1, -0.05) is 76.1 Å². The summed E-state index contributed by atoms with van der Waals surface area (Å²) in [4.78, 5) is 0. The molecule has 3 aromatic carbocycles.